The van der Waals surface area contributed by atoms with Gasteiger partial charge in [0.1, 0.15) is 23.7 Å². The van der Waals surface area contributed by atoms with Crippen LogP contribution in [0.3, 0.4) is 0 Å². The van der Waals surface area contributed by atoms with Crippen molar-refractivity contribution in [3.8, 4) is 11.5 Å². The van der Waals surface area contributed by atoms with Gasteiger partial charge in [-0.2, -0.15) is 0 Å². The number of carboxylic acid groups (broad SMARTS) is 1. The predicted octanol–water partition coefficient (Wildman–Crippen LogP) is 0.580. The molecule has 12 heteroatoms. The normalized spacial score (nSPS) is 10.4. The van der Waals surface area contributed by atoms with Crippen molar-refractivity contribution in [1.29, 1.82) is 0 Å². The molecule has 0 unspecified atom stereocenters. The van der Waals surface area contributed by atoms with E-state index >= 15 is 0 Å². The Balaban J connectivity index is 2.25. The van der Waals surface area contributed by atoms with Gasteiger partial charge in [-0.05, 0) is 25.0 Å². The van der Waals surface area contributed by atoms with Crippen LogP contribution in [-0.4, -0.2) is 67.3 Å². The average Bonchev–Trinajstić information content (AvgIpc) is 2.75. The van der Waals surface area contributed by atoms with Crippen molar-refractivity contribution in [2.24, 2.45) is 5.84 Å². The van der Waals surface area contributed by atoms with Crippen LogP contribution in [0.15, 0.2) is 12.1 Å². The number of carbonyl (C=O) groups excluding carboxylic acids is 3. The first-order valence-electron chi connectivity index (χ1n) is 9.89. The fraction of sp³-hybridized carbons (Fsp3) is 0.500. The molecule has 0 spiro atoms. The Bertz CT molecular complexity index is 799. The minimum absolute atomic E-state index is 0.00310. The number of nitrogen functional groups attached to an aromatic ring is 1. The number of carboxylic acids is 1. The molecule has 0 radical (unpaired) electrons. The maximum absolute atomic E-state index is 12.0. The quantitative estimate of drug-likeness (QED) is 0.0776. The summed E-state index contributed by atoms with van der Waals surface area (Å²) in [4.78, 5) is 45.7. The molecule has 12 nitrogen and oxygen atoms in total. The van der Waals surface area contributed by atoms with Crippen LogP contribution in [0.25, 0.3) is 0 Å². The summed E-state index contributed by atoms with van der Waals surface area (Å²) in [5.74, 6) is 2.41. The number of Topliss-reactive ketones (excluding diaryl/α,β-unsaturated/α-hetero) is 1. The number of carbonyl (C=O) groups is 4. The first-order chi connectivity index (χ1) is 15.3. The molecule has 0 heterocycles. The molecule has 1 rings (SSSR count). The number of hydrazine groups is 1. The van der Waals surface area contributed by atoms with E-state index in [0.717, 1.165) is 0 Å². The summed E-state index contributed by atoms with van der Waals surface area (Å²) in [6.45, 7) is 0.381. The average molecular weight is 455 g/mol. The number of methoxy groups -OCH3 is 1. The molecule has 2 amide bonds. The number of phenolic OH excluding ortho intramolecular Hbond substituents is 1. The van der Waals surface area contributed by atoms with Crippen LogP contribution >= 0.6 is 0 Å². The van der Waals surface area contributed by atoms with E-state index < -0.39 is 23.5 Å². The Kier molecular flexibility index (Phi) is 12.3. The summed E-state index contributed by atoms with van der Waals surface area (Å²) in [6, 6.07) is 2.76. The summed E-state index contributed by atoms with van der Waals surface area (Å²) < 4.78 is 15.5. The molecule has 0 aliphatic carbocycles. The number of ketones is 1. The fourth-order valence-electron chi connectivity index (χ4n) is 2.64. The number of aliphatic carboxylic acids is 1. The number of rotatable bonds is 16. The highest BCUT2D eigenvalue weighted by atomic mass is 16.5. The van der Waals surface area contributed by atoms with Crippen molar-refractivity contribution in [2.75, 3.05) is 38.9 Å². The molecule has 0 saturated carbocycles. The minimum atomic E-state index is -0.917. The van der Waals surface area contributed by atoms with Gasteiger partial charge in [-0.3, -0.25) is 24.6 Å². The zero-order valence-electron chi connectivity index (χ0n) is 17.8. The zero-order valence-corrected chi connectivity index (χ0v) is 17.8. The Morgan fingerprint density at radius 2 is 1.69 bits per heavy atom. The molecule has 0 aromatic heterocycles. The number of ether oxygens (including phenoxy) is 3. The van der Waals surface area contributed by atoms with Crippen LogP contribution in [0.2, 0.25) is 0 Å². The second kappa shape index (κ2) is 14.7. The first-order valence-corrected chi connectivity index (χ1v) is 9.89. The lowest BCUT2D eigenvalue weighted by Crippen LogP contribution is -2.30. The Morgan fingerprint density at radius 1 is 1.00 bits per heavy atom. The molecule has 0 saturated heterocycles. The third-order valence-corrected chi connectivity index (χ3v) is 4.19. The highest BCUT2D eigenvalue weighted by Gasteiger charge is 2.20. The Morgan fingerprint density at radius 3 is 2.34 bits per heavy atom. The van der Waals surface area contributed by atoms with Crippen LogP contribution in [-0.2, 0) is 23.9 Å². The number of hydrogen-bond acceptors (Lipinski definition) is 9. The van der Waals surface area contributed by atoms with E-state index in [1.165, 1.54) is 19.2 Å². The second-order valence-electron chi connectivity index (χ2n) is 6.62. The van der Waals surface area contributed by atoms with Crippen molar-refractivity contribution >= 4 is 29.3 Å². The number of hydrogen-bond donors (Lipinski definition) is 5. The van der Waals surface area contributed by atoms with Gasteiger partial charge in [0.2, 0.25) is 5.91 Å². The molecule has 1 aromatic rings. The van der Waals surface area contributed by atoms with Crippen LogP contribution < -0.4 is 21.3 Å². The van der Waals surface area contributed by atoms with Gasteiger partial charge in [0, 0.05) is 25.9 Å². The summed E-state index contributed by atoms with van der Waals surface area (Å²) in [5.41, 5.74) is 1.66. The summed E-state index contributed by atoms with van der Waals surface area (Å²) in [6.07, 6.45) is 1.39. The monoisotopic (exact) mass is 455 g/mol. The highest BCUT2D eigenvalue weighted by Crippen LogP contribution is 2.34. The highest BCUT2D eigenvalue weighted by molar-refractivity contribution is 6.03. The minimum Gasteiger partial charge on any atom is -0.505 e. The van der Waals surface area contributed by atoms with E-state index in [1.807, 2.05) is 5.43 Å². The molecule has 0 fully saturated rings. The number of anilines is 1. The third-order valence-electron chi connectivity index (χ3n) is 4.19. The SMILES string of the molecule is COc1ccc(NC(=O)COCCOCCCC(=O)CCCC(=O)O)c(O)c1C(=O)NN. The zero-order chi connectivity index (χ0) is 23.9. The lowest BCUT2D eigenvalue weighted by atomic mass is 10.1. The van der Waals surface area contributed by atoms with Crippen LogP contribution in [0.4, 0.5) is 5.69 Å². The molecular formula is C20H29N3O9. The Hall–Kier alpha value is -3.22. The summed E-state index contributed by atoms with van der Waals surface area (Å²) in [5, 5.41) is 21.2. The van der Waals surface area contributed by atoms with Gasteiger partial charge in [-0.25, -0.2) is 5.84 Å². The molecular weight excluding hydrogens is 426 g/mol. The first kappa shape index (κ1) is 26.8. The molecule has 0 aliphatic heterocycles. The lowest BCUT2D eigenvalue weighted by molar-refractivity contribution is -0.137. The summed E-state index contributed by atoms with van der Waals surface area (Å²) >= 11 is 0. The van der Waals surface area contributed by atoms with Crippen molar-refractivity contribution in [3.63, 3.8) is 0 Å². The van der Waals surface area contributed by atoms with E-state index in [1.54, 1.807) is 0 Å². The molecule has 0 atom stereocenters. The smallest absolute Gasteiger partial charge is 0.303 e. The number of nitrogens with one attached hydrogen (secondary N) is 2. The fourth-order valence-corrected chi connectivity index (χ4v) is 2.64. The standard InChI is InChI=1S/C20H29N3O9/c1-30-15-8-7-14(19(28)18(15)20(29)23-21)22-16(25)12-32-11-10-31-9-3-5-13(24)4-2-6-17(26)27/h7-8,28H,2-6,9-12,21H2,1H3,(H,22,25)(H,23,29)(H,26,27). The predicted molar refractivity (Wildman–Crippen MR) is 112 cm³/mol. The van der Waals surface area contributed by atoms with Crippen molar-refractivity contribution in [3.05, 3.63) is 17.7 Å². The molecule has 0 bridgehead atoms. The number of phenols is 1. The van der Waals surface area contributed by atoms with E-state index in [-0.39, 0.29) is 55.4 Å². The van der Waals surface area contributed by atoms with Crippen LogP contribution in [0.5, 0.6) is 11.5 Å². The van der Waals surface area contributed by atoms with E-state index in [0.29, 0.717) is 25.9 Å². The number of benzene rings is 1. The van der Waals surface area contributed by atoms with E-state index in [9.17, 15) is 24.3 Å². The largest absolute Gasteiger partial charge is 0.505 e. The van der Waals surface area contributed by atoms with Gasteiger partial charge in [0.25, 0.3) is 5.91 Å². The molecule has 6 N–H and O–H groups in total. The number of nitrogens with two attached hydrogens (primary N) is 1. The maximum Gasteiger partial charge on any atom is 0.303 e. The molecule has 178 valence electrons. The van der Waals surface area contributed by atoms with Crippen LogP contribution in [0, 0.1) is 0 Å². The van der Waals surface area contributed by atoms with Crippen LogP contribution in [0.1, 0.15) is 42.5 Å². The molecule has 0 aliphatic rings. The third kappa shape index (κ3) is 9.73. The lowest BCUT2D eigenvalue weighted by Gasteiger charge is -2.13. The van der Waals surface area contributed by atoms with E-state index in [2.05, 4.69) is 5.32 Å². The van der Waals surface area contributed by atoms with Gasteiger partial charge in [-0.15, -0.1) is 0 Å². The maximum atomic E-state index is 12.0. The van der Waals surface area contributed by atoms with Crippen molar-refractivity contribution < 1.29 is 43.6 Å². The van der Waals surface area contributed by atoms with Gasteiger partial charge in [0.15, 0.2) is 5.75 Å². The van der Waals surface area contributed by atoms with E-state index in [4.69, 9.17) is 25.2 Å². The second-order valence-corrected chi connectivity index (χ2v) is 6.62. The summed E-state index contributed by atoms with van der Waals surface area (Å²) in [7, 11) is 1.32. The number of aromatic hydroxyl groups is 1. The van der Waals surface area contributed by atoms with Crippen molar-refractivity contribution in [1.82, 2.24) is 5.43 Å². The molecule has 1 aromatic carbocycles. The van der Waals surface area contributed by atoms with Gasteiger partial charge < -0.3 is 29.7 Å². The number of amides is 2. The van der Waals surface area contributed by atoms with Crippen molar-refractivity contribution in [2.45, 2.75) is 32.1 Å². The van der Waals surface area contributed by atoms with Gasteiger partial charge in [0.05, 0.1) is 26.0 Å². The Labute approximate surface area is 185 Å². The molecule has 32 heavy (non-hydrogen) atoms. The van der Waals surface area contributed by atoms with Gasteiger partial charge >= 0.3 is 5.97 Å². The van der Waals surface area contributed by atoms with Gasteiger partial charge in [-0.1, -0.05) is 0 Å². The topological polar surface area (TPSA) is 187 Å².